The van der Waals surface area contributed by atoms with E-state index in [4.69, 9.17) is 4.74 Å². The van der Waals surface area contributed by atoms with Gasteiger partial charge in [0.1, 0.15) is 0 Å². The van der Waals surface area contributed by atoms with Crippen LogP contribution in [0.15, 0.2) is 30.5 Å². The Hall–Kier alpha value is -1.61. The first-order valence-electron chi connectivity index (χ1n) is 6.38. The summed E-state index contributed by atoms with van der Waals surface area (Å²) in [4.78, 5) is 12.6. The molecule has 0 N–H and O–H groups in total. The summed E-state index contributed by atoms with van der Waals surface area (Å²) in [6, 6.07) is 8.04. The van der Waals surface area contributed by atoms with Crippen LogP contribution in [0.3, 0.4) is 0 Å². The number of aryl methyl sites for hydroxylation is 1. The molecule has 1 fully saturated rings. The number of ether oxygens (including phenoxy) is 1. The van der Waals surface area contributed by atoms with Crippen LogP contribution in [0.5, 0.6) is 0 Å². The Bertz CT molecular complexity index is 600. The molecule has 0 spiro atoms. The molecule has 3 rings (SSSR count). The van der Waals surface area contributed by atoms with Crippen molar-refractivity contribution < 1.29 is 9.53 Å². The van der Waals surface area contributed by atoms with Crippen LogP contribution in [0, 0.1) is 5.92 Å². The maximum Gasteiger partial charge on any atom is 0.170 e. The minimum Gasteiger partial charge on any atom is -0.378 e. The monoisotopic (exact) mass is 243 g/mol. The van der Waals surface area contributed by atoms with Crippen LogP contribution in [0.1, 0.15) is 23.7 Å². The summed E-state index contributed by atoms with van der Waals surface area (Å²) in [5.41, 5.74) is 1.93. The van der Waals surface area contributed by atoms with Gasteiger partial charge >= 0.3 is 0 Å². The number of aromatic nitrogens is 1. The van der Waals surface area contributed by atoms with Gasteiger partial charge in [0.15, 0.2) is 5.78 Å². The molecule has 0 saturated carbocycles. The van der Waals surface area contributed by atoms with E-state index in [9.17, 15) is 4.79 Å². The van der Waals surface area contributed by atoms with E-state index in [0.717, 1.165) is 22.9 Å². The lowest BCUT2D eigenvalue weighted by atomic mass is 9.92. The molecule has 94 valence electrons. The minimum atomic E-state index is 0.0100. The van der Waals surface area contributed by atoms with Crippen LogP contribution in [-0.4, -0.2) is 23.1 Å². The lowest BCUT2D eigenvalue weighted by Crippen LogP contribution is -2.21. The number of carbonyl (C=O) groups is 1. The van der Waals surface area contributed by atoms with Crippen molar-refractivity contribution in [2.45, 2.75) is 19.4 Å². The van der Waals surface area contributed by atoms with E-state index in [-0.39, 0.29) is 17.8 Å². The highest BCUT2D eigenvalue weighted by atomic mass is 16.5. The number of hydrogen-bond donors (Lipinski definition) is 0. The summed E-state index contributed by atoms with van der Waals surface area (Å²) < 4.78 is 7.52. The highest BCUT2D eigenvalue weighted by Crippen LogP contribution is 2.29. The third kappa shape index (κ3) is 1.66. The van der Waals surface area contributed by atoms with Crippen LogP contribution >= 0.6 is 0 Å². The van der Waals surface area contributed by atoms with Crippen molar-refractivity contribution in [2.24, 2.45) is 13.0 Å². The Morgan fingerprint density at radius 2 is 2.17 bits per heavy atom. The van der Waals surface area contributed by atoms with Crippen molar-refractivity contribution in [3.63, 3.8) is 0 Å². The minimum absolute atomic E-state index is 0.0100. The van der Waals surface area contributed by atoms with E-state index in [1.807, 2.05) is 49.0 Å². The molecule has 1 aromatic heterocycles. The number of fused-ring (bicyclic) bond motifs is 1. The average Bonchev–Trinajstić information content (AvgIpc) is 2.94. The lowest BCUT2D eigenvalue weighted by molar-refractivity contribution is 0.0765. The first kappa shape index (κ1) is 11.5. The number of ketones is 1. The largest absolute Gasteiger partial charge is 0.378 e. The molecule has 2 unspecified atom stereocenters. The molecule has 1 saturated heterocycles. The van der Waals surface area contributed by atoms with Crippen molar-refractivity contribution in [2.75, 3.05) is 6.61 Å². The first-order valence-corrected chi connectivity index (χ1v) is 6.38. The smallest absolute Gasteiger partial charge is 0.170 e. The fourth-order valence-electron chi connectivity index (χ4n) is 2.81. The molecule has 2 heterocycles. The maximum absolute atomic E-state index is 12.6. The second kappa shape index (κ2) is 4.25. The van der Waals surface area contributed by atoms with E-state index < -0.39 is 0 Å². The topological polar surface area (TPSA) is 31.2 Å². The third-order valence-corrected chi connectivity index (χ3v) is 3.88. The van der Waals surface area contributed by atoms with Gasteiger partial charge in [-0.15, -0.1) is 0 Å². The Labute approximate surface area is 106 Å². The van der Waals surface area contributed by atoms with Gasteiger partial charge < -0.3 is 9.30 Å². The molecular weight excluding hydrogens is 226 g/mol. The van der Waals surface area contributed by atoms with E-state index in [2.05, 4.69) is 0 Å². The second-order valence-corrected chi connectivity index (χ2v) is 5.01. The molecule has 0 radical (unpaired) electrons. The number of rotatable bonds is 2. The van der Waals surface area contributed by atoms with Gasteiger partial charge in [-0.25, -0.2) is 0 Å². The van der Waals surface area contributed by atoms with E-state index >= 15 is 0 Å². The van der Waals surface area contributed by atoms with Crippen molar-refractivity contribution in [3.05, 3.63) is 36.0 Å². The van der Waals surface area contributed by atoms with Gasteiger partial charge in [-0.2, -0.15) is 0 Å². The number of Topliss-reactive ketones (excluding diaryl/α,β-unsaturated/α-hetero) is 1. The fourth-order valence-corrected chi connectivity index (χ4v) is 2.81. The van der Waals surface area contributed by atoms with Gasteiger partial charge in [0.2, 0.25) is 0 Å². The van der Waals surface area contributed by atoms with E-state index in [1.54, 1.807) is 0 Å². The van der Waals surface area contributed by atoms with Crippen LogP contribution in [0.2, 0.25) is 0 Å². The van der Waals surface area contributed by atoms with Gasteiger partial charge in [0.25, 0.3) is 0 Å². The average molecular weight is 243 g/mol. The van der Waals surface area contributed by atoms with Gasteiger partial charge in [0, 0.05) is 36.3 Å². The van der Waals surface area contributed by atoms with Crippen LogP contribution < -0.4 is 0 Å². The zero-order valence-electron chi connectivity index (χ0n) is 10.7. The first-order chi connectivity index (χ1) is 8.68. The summed E-state index contributed by atoms with van der Waals surface area (Å²) in [5.74, 6) is 0.229. The number of benzene rings is 1. The number of hydrogen-bond acceptors (Lipinski definition) is 2. The Balaban J connectivity index is 2.06. The molecule has 1 aliphatic rings. The highest BCUT2D eigenvalue weighted by molar-refractivity contribution is 6.09. The molecular formula is C15H17NO2. The summed E-state index contributed by atoms with van der Waals surface area (Å²) in [5, 5.41) is 1.05. The van der Waals surface area contributed by atoms with Crippen LogP contribution in [-0.2, 0) is 11.8 Å². The predicted octanol–water partition coefficient (Wildman–Crippen LogP) is 2.79. The Morgan fingerprint density at radius 3 is 2.89 bits per heavy atom. The lowest BCUT2D eigenvalue weighted by Gasteiger charge is -2.11. The Morgan fingerprint density at radius 1 is 1.39 bits per heavy atom. The maximum atomic E-state index is 12.6. The van der Waals surface area contributed by atoms with Gasteiger partial charge in [-0.3, -0.25) is 4.79 Å². The molecule has 0 aliphatic carbocycles. The van der Waals surface area contributed by atoms with Gasteiger partial charge in [-0.1, -0.05) is 18.2 Å². The highest BCUT2D eigenvalue weighted by Gasteiger charge is 2.32. The molecule has 2 aromatic rings. The van der Waals surface area contributed by atoms with Crippen LogP contribution in [0.25, 0.3) is 10.9 Å². The molecule has 1 aliphatic heterocycles. The second-order valence-electron chi connectivity index (χ2n) is 5.01. The normalized spacial score (nSPS) is 23.7. The molecule has 0 amide bonds. The molecule has 1 aromatic carbocycles. The third-order valence-electron chi connectivity index (χ3n) is 3.88. The van der Waals surface area contributed by atoms with Gasteiger partial charge in [-0.05, 0) is 19.4 Å². The quantitative estimate of drug-likeness (QED) is 0.759. The molecule has 2 atom stereocenters. The standard InChI is InChI=1S/C15H17NO2/c1-10-11(7-8-18-10)15(17)13-9-16(2)14-6-4-3-5-12(13)14/h3-6,9-11H,7-8H2,1-2H3. The summed E-state index contributed by atoms with van der Waals surface area (Å²) in [6.07, 6.45) is 2.82. The molecule has 0 bridgehead atoms. The predicted molar refractivity (Wildman–Crippen MR) is 70.8 cm³/mol. The number of carbonyl (C=O) groups excluding carboxylic acids is 1. The van der Waals surface area contributed by atoms with Crippen molar-refractivity contribution in [3.8, 4) is 0 Å². The number of nitrogens with zero attached hydrogens (tertiary/aromatic N) is 1. The van der Waals surface area contributed by atoms with Crippen molar-refractivity contribution >= 4 is 16.7 Å². The summed E-state index contributed by atoms with van der Waals surface area (Å²) in [7, 11) is 1.98. The Kier molecular flexibility index (Phi) is 2.71. The molecule has 3 heteroatoms. The van der Waals surface area contributed by atoms with Crippen molar-refractivity contribution in [1.29, 1.82) is 0 Å². The zero-order valence-corrected chi connectivity index (χ0v) is 10.7. The summed E-state index contributed by atoms with van der Waals surface area (Å²) in [6.45, 7) is 2.68. The van der Waals surface area contributed by atoms with Crippen LogP contribution in [0.4, 0.5) is 0 Å². The summed E-state index contributed by atoms with van der Waals surface area (Å²) >= 11 is 0. The molecule has 3 nitrogen and oxygen atoms in total. The molecule has 18 heavy (non-hydrogen) atoms. The zero-order chi connectivity index (χ0) is 12.7. The number of para-hydroxylation sites is 1. The SMILES string of the molecule is CC1OCCC1C(=O)c1cn(C)c2ccccc12. The fraction of sp³-hybridized carbons (Fsp3) is 0.400. The van der Waals surface area contributed by atoms with E-state index in [0.29, 0.717) is 6.61 Å². The van der Waals surface area contributed by atoms with Gasteiger partial charge in [0.05, 0.1) is 12.0 Å². The van der Waals surface area contributed by atoms with E-state index in [1.165, 1.54) is 0 Å². The van der Waals surface area contributed by atoms with Crippen molar-refractivity contribution in [1.82, 2.24) is 4.57 Å².